The van der Waals surface area contributed by atoms with Crippen molar-refractivity contribution < 1.29 is 13.9 Å². The molecule has 1 atom stereocenters. The number of furan rings is 1. The van der Waals surface area contributed by atoms with E-state index in [1.165, 1.54) is 12.8 Å². The highest BCUT2D eigenvalue weighted by molar-refractivity contribution is 5.74. The Kier molecular flexibility index (Phi) is 6.37. The van der Waals surface area contributed by atoms with Gasteiger partial charge in [-0.15, -0.1) is 0 Å². The van der Waals surface area contributed by atoms with Crippen LogP contribution in [0.25, 0.3) is 0 Å². The van der Waals surface area contributed by atoms with E-state index >= 15 is 0 Å². The van der Waals surface area contributed by atoms with E-state index < -0.39 is 0 Å². The summed E-state index contributed by atoms with van der Waals surface area (Å²) >= 11 is 0. The minimum atomic E-state index is 0.00845. The third-order valence-corrected chi connectivity index (χ3v) is 5.21. The number of piperidine rings is 1. The number of carbonyl (C=O) groups excluding carboxylic acids is 1. The van der Waals surface area contributed by atoms with Crippen LogP contribution >= 0.6 is 0 Å². The number of amides is 2. The first-order valence-corrected chi connectivity index (χ1v) is 9.58. The highest BCUT2D eigenvalue weighted by Gasteiger charge is 2.25. The third kappa shape index (κ3) is 5.22. The molecular weight excluding hydrogens is 318 g/mol. The van der Waals surface area contributed by atoms with Crippen molar-refractivity contribution in [1.29, 1.82) is 0 Å². The number of aryl methyl sites for hydroxylation is 1. The van der Waals surface area contributed by atoms with Crippen LogP contribution in [0.4, 0.5) is 4.79 Å². The quantitative estimate of drug-likeness (QED) is 0.858. The average molecular weight is 349 g/mol. The van der Waals surface area contributed by atoms with Crippen molar-refractivity contribution >= 4 is 6.03 Å². The molecule has 2 aliphatic heterocycles. The summed E-state index contributed by atoms with van der Waals surface area (Å²) in [5, 5.41) is 3.20. The molecule has 6 heteroatoms. The second-order valence-electron chi connectivity index (χ2n) is 7.19. The first kappa shape index (κ1) is 18.3. The van der Waals surface area contributed by atoms with E-state index in [1.807, 2.05) is 26.0 Å². The second-order valence-corrected chi connectivity index (χ2v) is 7.19. The number of ether oxygens (including phenoxy) is 1. The Labute approximate surface area is 150 Å². The first-order chi connectivity index (χ1) is 12.1. The van der Waals surface area contributed by atoms with Crippen LogP contribution in [-0.2, 0) is 11.3 Å². The number of nitrogens with one attached hydrogen (secondary N) is 1. The van der Waals surface area contributed by atoms with Gasteiger partial charge >= 0.3 is 6.03 Å². The largest absolute Gasteiger partial charge is 0.464 e. The van der Waals surface area contributed by atoms with Crippen LogP contribution in [0, 0.1) is 6.92 Å². The fourth-order valence-electron chi connectivity index (χ4n) is 3.69. The normalized spacial score (nSPS) is 22.2. The molecule has 0 aliphatic carbocycles. The molecule has 1 N–H and O–H groups in total. The molecule has 0 radical (unpaired) electrons. The standard InChI is InChI=1S/C19H31N3O3/c1-3-22(14-18-7-6-15(2)25-18)19(23)20-16-8-10-21(11-9-16)13-17-5-4-12-24-17/h6-7,16-17H,3-5,8-14H2,1-2H3,(H,20,23)/t17-/m0/s1. The van der Waals surface area contributed by atoms with Crippen LogP contribution in [-0.4, -0.2) is 60.8 Å². The Hall–Kier alpha value is -1.53. The van der Waals surface area contributed by atoms with Crippen molar-refractivity contribution in [1.82, 2.24) is 15.1 Å². The van der Waals surface area contributed by atoms with E-state index in [2.05, 4.69) is 10.2 Å². The third-order valence-electron chi connectivity index (χ3n) is 5.21. The minimum absolute atomic E-state index is 0.00845. The van der Waals surface area contributed by atoms with Gasteiger partial charge in [0.05, 0.1) is 12.6 Å². The van der Waals surface area contributed by atoms with Gasteiger partial charge in [0.1, 0.15) is 11.5 Å². The summed E-state index contributed by atoms with van der Waals surface area (Å²) in [5.74, 6) is 1.71. The van der Waals surface area contributed by atoms with Crippen molar-refractivity contribution in [3.63, 3.8) is 0 Å². The summed E-state index contributed by atoms with van der Waals surface area (Å²) < 4.78 is 11.3. The molecule has 2 amide bonds. The van der Waals surface area contributed by atoms with E-state index in [0.29, 0.717) is 19.2 Å². The zero-order valence-electron chi connectivity index (χ0n) is 15.5. The molecule has 0 spiro atoms. The fraction of sp³-hybridized carbons (Fsp3) is 0.737. The van der Waals surface area contributed by atoms with Crippen LogP contribution in [0.3, 0.4) is 0 Å². The second kappa shape index (κ2) is 8.72. The zero-order valence-corrected chi connectivity index (χ0v) is 15.5. The van der Waals surface area contributed by atoms with E-state index in [9.17, 15) is 4.79 Å². The van der Waals surface area contributed by atoms with Crippen LogP contribution < -0.4 is 5.32 Å². The molecule has 2 saturated heterocycles. The molecule has 1 aromatic rings. The van der Waals surface area contributed by atoms with Gasteiger partial charge < -0.3 is 24.3 Å². The van der Waals surface area contributed by atoms with Gasteiger partial charge in [-0.1, -0.05) is 0 Å². The molecule has 1 aromatic heterocycles. The number of carbonyl (C=O) groups is 1. The molecule has 0 bridgehead atoms. The predicted molar refractivity (Wildman–Crippen MR) is 96.5 cm³/mol. The Morgan fingerprint density at radius 3 is 2.72 bits per heavy atom. The van der Waals surface area contributed by atoms with Crippen LogP contribution in [0.15, 0.2) is 16.5 Å². The lowest BCUT2D eigenvalue weighted by atomic mass is 10.0. The van der Waals surface area contributed by atoms with Crippen molar-refractivity contribution in [3.8, 4) is 0 Å². The molecule has 0 aromatic carbocycles. The van der Waals surface area contributed by atoms with Gasteiger partial charge in [0.25, 0.3) is 0 Å². The molecule has 2 fully saturated rings. The molecule has 3 rings (SSSR count). The lowest BCUT2D eigenvalue weighted by Gasteiger charge is -2.34. The van der Waals surface area contributed by atoms with E-state index in [-0.39, 0.29) is 12.1 Å². The highest BCUT2D eigenvalue weighted by atomic mass is 16.5. The molecule has 0 saturated carbocycles. The van der Waals surface area contributed by atoms with Gasteiger partial charge in [0.2, 0.25) is 0 Å². The van der Waals surface area contributed by atoms with Crippen LogP contribution in [0.2, 0.25) is 0 Å². The van der Waals surface area contributed by atoms with E-state index in [4.69, 9.17) is 9.15 Å². The molecule has 0 unspecified atom stereocenters. The Morgan fingerprint density at radius 1 is 1.32 bits per heavy atom. The summed E-state index contributed by atoms with van der Waals surface area (Å²) in [6, 6.07) is 4.15. The first-order valence-electron chi connectivity index (χ1n) is 9.58. The summed E-state index contributed by atoms with van der Waals surface area (Å²) in [5.41, 5.74) is 0. The fourth-order valence-corrected chi connectivity index (χ4v) is 3.69. The van der Waals surface area contributed by atoms with Crippen molar-refractivity contribution in [2.45, 2.75) is 58.2 Å². The maximum Gasteiger partial charge on any atom is 0.318 e. The smallest absolute Gasteiger partial charge is 0.318 e. The van der Waals surface area contributed by atoms with Crippen molar-refractivity contribution in [2.24, 2.45) is 0 Å². The molecule has 3 heterocycles. The monoisotopic (exact) mass is 349 g/mol. The van der Waals surface area contributed by atoms with Gasteiger partial charge in [-0.05, 0) is 51.7 Å². The van der Waals surface area contributed by atoms with E-state index in [1.54, 1.807) is 4.90 Å². The van der Waals surface area contributed by atoms with Crippen molar-refractivity contribution in [2.75, 3.05) is 32.8 Å². The number of hydrogen-bond donors (Lipinski definition) is 1. The zero-order chi connectivity index (χ0) is 17.6. The van der Waals surface area contributed by atoms with E-state index in [0.717, 1.165) is 50.6 Å². The van der Waals surface area contributed by atoms with Gasteiger partial charge in [-0.2, -0.15) is 0 Å². The SMILES string of the molecule is CCN(Cc1ccc(C)o1)C(=O)NC1CCN(C[C@@H]2CCCO2)CC1. The number of rotatable bonds is 6. The van der Waals surface area contributed by atoms with Crippen molar-refractivity contribution in [3.05, 3.63) is 23.7 Å². The molecule has 140 valence electrons. The molecule has 25 heavy (non-hydrogen) atoms. The maximum atomic E-state index is 12.6. The predicted octanol–water partition coefficient (Wildman–Crippen LogP) is 2.76. The summed E-state index contributed by atoms with van der Waals surface area (Å²) in [6.45, 7) is 9.14. The Morgan fingerprint density at radius 2 is 2.12 bits per heavy atom. The van der Waals surface area contributed by atoms with Crippen LogP contribution in [0.1, 0.15) is 44.1 Å². The number of nitrogens with zero attached hydrogens (tertiary/aromatic N) is 2. The topological polar surface area (TPSA) is 58.0 Å². The Balaban J connectivity index is 1.41. The average Bonchev–Trinajstić information content (AvgIpc) is 3.26. The maximum absolute atomic E-state index is 12.6. The molecular formula is C19H31N3O3. The van der Waals surface area contributed by atoms with Crippen LogP contribution in [0.5, 0.6) is 0 Å². The molecule has 6 nitrogen and oxygen atoms in total. The summed E-state index contributed by atoms with van der Waals surface area (Å²) in [4.78, 5) is 16.8. The Bertz CT molecular complexity index is 546. The lowest BCUT2D eigenvalue weighted by molar-refractivity contribution is 0.0628. The summed E-state index contributed by atoms with van der Waals surface area (Å²) in [6.07, 6.45) is 4.82. The summed E-state index contributed by atoms with van der Waals surface area (Å²) in [7, 11) is 0. The minimum Gasteiger partial charge on any atom is -0.464 e. The number of likely N-dealkylation sites (tertiary alicyclic amines) is 1. The van der Waals surface area contributed by atoms with Gasteiger partial charge in [0.15, 0.2) is 0 Å². The molecule has 2 aliphatic rings. The number of urea groups is 1. The number of hydrogen-bond acceptors (Lipinski definition) is 4. The van der Waals surface area contributed by atoms with Gasteiger partial charge in [0, 0.05) is 38.8 Å². The van der Waals surface area contributed by atoms with Gasteiger partial charge in [-0.3, -0.25) is 0 Å². The van der Waals surface area contributed by atoms with Gasteiger partial charge in [-0.25, -0.2) is 4.79 Å². The lowest BCUT2D eigenvalue weighted by Crippen LogP contribution is -2.49. The highest BCUT2D eigenvalue weighted by Crippen LogP contribution is 2.17.